The van der Waals surface area contributed by atoms with Crippen LogP contribution in [0.3, 0.4) is 0 Å². The fourth-order valence-electron chi connectivity index (χ4n) is 2.59. The fourth-order valence-corrected chi connectivity index (χ4v) is 3.56. The number of hydrogen-bond acceptors (Lipinski definition) is 5. The molecular formula is C19H17ClN2O3S. The summed E-state index contributed by atoms with van der Waals surface area (Å²) >= 11 is 7.26. The van der Waals surface area contributed by atoms with Gasteiger partial charge in [-0.2, -0.15) is 0 Å². The first kappa shape index (κ1) is 18.5. The molecule has 0 amide bonds. The van der Waals surface area contributed by atoms with Crippen LogP contribution in [-0.2, 0) is 4.79 Å². The van der Waals surface area contributed by atoms with E-state index >= 15 is 0 Å². The number of Topliss-reactive ketones (excluding diaryl/α,β-unsaturated/α-hetero) is 1. The number of aryl methyl sites for hydroxylation is 1. The van der Waals surface area contributed by atoms with Gasteiger partial charge in [0.15, 0.2) is 5.16 Å². The second-order valence-electron chi connectivity index (χ2n) is 5.86. The molecular weight excluding hydrogens is 372 g/mol. The first-order chi connectivity index (χ1) is 12.4. The minimum absolute atomic E-state index is 0.00167. The molecule has 3 aromatic rings. The second kappa shape index (κ2) is 7.51. The van der Waals surface area contributed by atoms with Crippen LogP contribution in [0, 0.1) is 6.92 Å². The van der Waals surface area contributed by atoms with E-state index in [2.05, 4.69) is 4.98 Å². The van der Waals surface area contributed by atoms with E-state index in [4.69, 9.17) is 16.3 Å². The number of carbonyl (C=O) groups is 1. The van der Waals surface area contributed by atoms with Crippen molar-refractivity contribution in [1.82, 2.24) is 9.55 Å². The van der Waals surface area contributed by atoms with Crippen molar-refractivity contribution in [2.75, 3.05) is 12.9 Å². The Bertz CT molecular complexity index is 1060. The van der Waals surface area contributed by atoms with Gasteiger partial charge in [0.05, 0.1) is 29.5 Å². The van der Waals surface area contributed by atoms with Gasteiger partial charge in [-0.3, -0.25) is 14.2 Å². The Hall–Kier alpha value is -2.31. The SMILES string of the molecule is COc1ccc(C)cc1-n1c(SCC(C)=O)nc2cc(Cl)ccc2c1=O. The Labute approximate surface area is 160 Å². The Morgan fingerprint density at radius 2 is 2.04 bits per heavy atom. The summed E-state index contributed by atoms with van der Waals surface area (Å²) in [4.78, 5) is 29.3. The van der Waals surface area contributed by atoms with Crippen LogP contribution in [0.1, 0.15) is 12.5 Å². The van der Waals surface area contributed by atoms with Crippen LogP contribution >= 0.6 is 23.4 Å². The summed E-state index contributed by atoms with van der Waals surface area (Å²) in [5, 5.41) is 1.37. The van der Waals surface area contributed by atoms with Gasteiger partial charge in [-0.1, -0.05) is 29.4 Å². The van der Waals surface area contributed by atoms with Crippen molar-refractivity contribution in [2.45, 2.75) is 19.0 Å². The summed E-state index contributed by atoms with van der Waals surface area (Å²) in [6, 6.07) is 10.5. The van der Waals surface area contributed by atoms with Crippen LogP contribution in [0.2, 0.25) is 5.02 Å². The van der Waals surface area contributed by atoms with Crippen molar-refractivity contribution >= 4 is 40.0 Å². The molecule has 0 radical (unpaired) electrons. The Morgan fingerprint density at radius 3 is 2.73 bits per heavy atom. The summed E-state index contributed by atoms with van der Waals surface area (Å²) < 4.78 is 6.93. The summed E-state index contributed by atoms with van der Waals surface area (Å²) in [6.45, 7) is 3.44. The standard InChI is InChI=1S/C19H17ClN2O3S/c1-11-4-7-17(25-3)16(8-11)22-18(24)14-6-5-13(20)9-15(14)21-19(22)26-10-12(2)23/h4-9H,10H2,1-3H3. The number of carbonyl (C=O) groups excluding carboxylic acids is 1. The van der Waals surface area contributed by atoms with Crippen LogP contribution in [0.5, 0.6) is 5.75 Å². The van der Waals surface area contributed by atoms with Crippen LogP contribution in [0.4, 0.5) is 0 Å². The molecule has 0 fully saturated rings. The zero-order valence-corrected chi connectivity index (χ0v) is 16.1. The number of thioether (sulfide) groups is 1. The molecule has 0 aliphatic carbocycles. The molecule has 134 valence electrons. The zero-order valence-electron chi connectivity index (χ0n) is 14.6. The first-order valence-electron chi connectivity index (χ1n) is 7.90. The predicted octanol–water partition coefficient (Wildman–Crippen LogP) is 4.04. The van der Waals surface area contributed by atoms with Gasteiger partial charge in [-0.15, -0.1) is 0 Å². The van der Waals surface area contributed by atoms with Gasteiger partial charge in [0, 0.05) is 5.02 Å². The van der Waals surface area contributed by atoms with Crippen LogP contribution in [0.15, 0.2) is 46.3 Å². The van der Waals surface area contributed by atoms with Gasteiger partial charge in [0.25, 0.3) is 5.56 Å². The highest BCUT2D eigenvalue weighted by atomic mass is 35.5. The van der Waals surface area contributed by atoms with Gasteiger partial charge in [0.1, 0.15) is 11.5 Å². The van der Waals surface area contributed by atoms with Crippen molar-refractivity contribution < 1.29 is 9.53 Å². The lowest BCUT2D eigenvalue weighted by atomic mass is 10.2. The minimum Gasteiger partial charge on any atom is -0.495 e. The van der Waals surface area contributed by atoms with E-state index < -0.39 is 0 Å². The van der Waals surface area contributed by atoms with E-state index in [9.17, 15) is 9.59 Å². The highest BCUT2D eigenvalue weighted by Crippen LogP contribution is 2.28. The van der Waals surface area contributed by atoms with E-state index in [0.717, 1.165) is 5.56 Å². The maximum absolute atomic E-state index is 13.2. The number of ether oxygens (including phenoxy) is 1. The van der Waals surface area contributed by atoms with Crippen molar-refractivity contribution in [2.24, 2.45) is 0 Å². The van der Waals surface area contributed by atoms with Crippen LogP contribution in [-0.4, -0.2) is 28.2 Å². The van der Waals surface area contributed by atoms with Crippen molar-refractivity contribution in [3.05, 3.63) is 57.3 Å². The van der Waals surface area contributed by atoms with E-state index in [1.165, 1.54) is 23.3 Å². The maximum atomic E-state index is 13.2. The molecule has 5 nitrogen and oxygen atoms in total. The van der Waals surface area contributed by atoms with Crippen molar-refractivity contribution in [3.8, 4) is 11.4 Å². The molecule has 0 saturated heterocycles. The molecule has 0 spiro atoms. The second-order valence-corrected chi connectivity index (χ2v) is 7.24. The van der Waals surface area contributed by atoms with Gasteiger partial charge < -0.3 is 4.74 Å². The normalized spacial score (nSPS) is 10.9. The number of hydrogen-bond donors (Lipinski definition) is 0. The predicted molar refractivity (Wildman–Crippen MR) is 105 cm³/mol. The highest BCUT2D eigenvalue weighted by Gasteiger charge is 2.17. The minimum atomic E-state index is -0.235. The molecule has 0 aliphatic rings. The molecule has 3 rings (SSSR count). The Morgan fingerprint density at radius 1 is 1.27 bits per heavy atom. The quantitative estimate of drug-likeness (QED) is 0.487. The number of methoxy groups -OCH3 is 1. The van der Waals surface area contributed by atoms with E-state index in [1.54, 1.807) is 25.3 Å². The lowest BCUT2D eigenvalue weighted by Gasteiger charge is -2.16. The molecule has 0 saturated carbocycles. The van der Waals surface area contributed by atoms with Gasteiger partial charge in [-0.25, -0.2) is 4.98 Å². The van der Waals surface area contributed by atoms with Gasteiger partial charge in [0.2, 0.25) is 0 Å². The number of halogens is 1. The number of ketones is 1. The van der Waals surface area contributed by atoms with E-state index in [1.807, 2.05) is 25.1 Å². The largest absolute Gasteiger partial charge is 0.495 e. The first-order valence-corrected chi connectivity index (χ1v) is 9.26. The third-order valence-corrected chi connectivity index (χ3v) is 5.10. The number of aromatic nitrogens is 2. The van der Waals surface area contributed by atoms with Crippen molar-refractivity contribution in [3.63, 3.8) is 0 Å². The number of benzene rings is 2. The molecule has 0 aliphatic heterocycles. The number of nitrogens with zero attached hydrogens (tertiary/aromatic N) is 2. The highest BCUT2D eigenvalue weighted by molar-refractivity contribution is 7.99. The Balaban J connectivity index is 2.35. The van der Waals surface area contributed by atoms with Gasteiger partial charge >= 0.3 is 0 Å². The molecule has 26 heavy (non-hydrogen) atoms. The monoisotopic (exact) mass is 388 g/mol. The summed E-state index contributed by atoms with van der Waals surface area (Å²) in [5.74, 6) is 0.766. The molecule has 0 N–H and O–H groups in total. The van der Waals surface area contributed by atoms with Crippen LogP contribution in [0.25, 0.3) is 16.6 Å². The fraction of sp³-hybridized carbons (Fsp3) is 0.211. The van der Waals surface area contributed by atoms with Gasteiger partial charge in [-0.05, 0) is 49.7 Å². The molecule has 1 aromatic heterocycles. The molecule has 7 heteroatoms. The molecule has 0 bridgehead atoms. The molecule has 1 heterocycles. The average Bonchev–Trinajstić information content (AvgIpc) is 2.59. The molecule has 2 aromatic carbocycles. The third-order valence-electron chi connectivity index (χ3n) is 3.78. The lowest BCUT2D eigenvalue weighted by Crippen LogP contribution is -2.22. The average molecular weight is 389 g/mol. The Kier molecular flexibility index (Phi) is 5.34. The van der Waals surface area contributed by atoms with Crippen molar-refractivity contribution in [1.29, 1.82) is 0 Å². The number of rotatable bonds is 5. The summed E-state index contributed by atoms with van der Waals surface area (Å²) in [5.41, 5.74) is 1.83. The third kappa shape index (κ3) is 3.61. The summed E-state index contributed by atoms with van der Waals surface area (Å²) in [6.07, 6.45) is 0. The number of fused-ring (bicyclic) bond motifs is 1. The smallest absolute Gasteiger partial charge is 0.266 e. The summed E-state index contributed by atoms with van der Waals surface area (Å²) in [7, 11) is 1.55. The zero-order chi connectivity index (χ0) is 18.8. The van der Waals surface area contributed by atoms with E-state index in [-0.39, 0.29) is 17.1 Å². The topological polar surface area (TPSA) is 61.2 Å². The van der Waals surface area contributed by atoms with E-state index in [0.29, 0.717) is 32.5 Å². The molecule has 0 atom stereocenters. The van der Waals surface area contributed by atoms with Crippen LogP contribution < -0.4 is 10.3 Å². The lowest BCUT2D eigenvalue weighted by molar-refractivity contribution is -0.114. The molecule has 0 unspecified atom stereocenters. The maximum Gasteiger partial charge on any atom is 0.266 e.